The molecule has 0 radical (unpaired) electrons. The maximum atomic E-state index is 11.8. The van der Waals surface area contributed by atoms with Crippen molar-refractivity contribution in [2.24, 2.45) is 0 Å². The molecule has 0 saturated carbocycles. The van der Waals surface area contributed by atoms with E-state index < -0.39 is 0 Å². The molecule has 0 aliphatic carbocycles. The molecule has 0 bridgehead atoms. The van der Waals surface area contributed by atoms with Crippen LogP contribution in [0.15, 0.2) is 30.5 Å². The third-order valence-electron chi connectivity index (χ3n) is 3.85. The normalized spacial score (nSPS) is 13.8. The van der Waals surface area contributed by atoms with Crippen LogP contribution in [0.1, 0.15) is 5.56 Å². The van der Waals surface area contributed by atoms with Crippen LogP contribution in [-0.2, 0) is 11.3 Å². The van der Waals surface area contributed by atoms with Gasteiger partial charge >= 0.3 is 0 Å². The van der Waals surface area contributed by atoms with Crippen molar-refractivity contribution in [2.75, 3.05) is 42.9 Å². The van der Waals surface area contributed by atoms with E-state index >= 15 is 0 Å². The molecule has 0 atom stereocenters. The molecule has 1 aromatic heterocycles. The number of ether oxygens (including phenoxy) is 1. The van der Waals surface area contributed by atoms with Crippen molar-refractivity contribution in [3.05, 3.63) is 36.0 Å². The molecule has 3 rings (SSSR count). The molecule has 1 N–H and O–H groups in total. The number of hydrogen-bond donors (Lipinski definition) is 1. The largest absolute Gasteiger partial charge is 0.496 e. The second-order valence-electron chi connectivity index (χ2n) is 5.38. The zero-order valence-electron chi connectivity index (χ0n) is 13.4. The second-order valence-corrected chi connectivity index (χ2v) is 5.38. The number of hydrogen-bond acceptors (Lipinski definition) is 6. The molecule has 1 amide bonds. The number of fused-ring (bicyclic) bond motifs is 1. The second kappa shape index (κ2) is 6.12. The van der Waals surface area contributed by atoms with Crippen LogP contribution in [0.25, 0.3) is 0 Å². The summed E-state index contributed by atoms with van der Waals surface area (Å²) in [5.74, 6) is 2.10. The molecule has 1 aliphatic heterocycles. The SMILES string of the molecule is COc1ccccc1CNc1ncc2c(n1)N(C)CC(=O)N2C. The fraction of sp³-hybridized carbons (Fsp3) is 0.312. The van der Waals surface area contributed by atoms with Gasteiger partial charge in [0.1, 0.15) is 11.4 Å². The van der Waals surface area contributed by atoms with E-state index in [0.717, 1.165) is 17.1 Å². The summed E-state index contributed by atoms with van der Waals surface area (Å²) in [6.45, 7) is 0.869. The van der Waals surface area contributed by atoms with Gasteiger partial charge in [-0.2, -0.15) is 4.98 Å². The molecule has 0 fully saturated rings. The minimum absolute atomic E-state index is 0.0262. The van der Waals surface area contributed by atoms with E-state index in [9.17, 15) is 4.79 Å². The van der Waals surface area contributed by atoms with Crippen LogP contribution in [-0.4, -0.2) is 43.6 Å². The van der Waals surface area contributed by atoms with E-state index in [0.29, 0.717) is 24.7 Å². The smallest absolute Gasteiger partial charge is 0.246 e. The first-order valence-corrected chi connectivity index (χ1v) is 7.30. The Labute approximate surface area is 134 Å². The highest BCUT2D eigenvalue weighted by molar-refractivity contribution is 6.01. The lowest BCUT2D eigenvalue weighted by Gasteiger charge is -2.31. The van der Waals surface area contributed by atoms with Gasteiger partial charge in [0.15, 0.2) is 5.82 Å². The van der Waals surface area contributed by atoms with Crippen LogP contribution >= 0.6 is 0 Å². The molecule has 0 spiro atoms. The topological polar surface area (TPSA) is 70.6 Å². The van der Waals surface area contributed by atoms with Crippen molar-refractivity contribution >= 4 is 23.4 Å². The summed E-state index contributed by atoms with van der Waals surface area (Å²) in [6, 6.07) is 7.79. The quantitative estimate of drug-likeness (QED) is 0.922. The first kappa shape index (κ1) is 15.1. The number of amides is 1. The van der Waals surface area contributed by atoms with E-state index in [1.807, 2.05) is 36.2 Å². The average Bonchev–Trinajstić information content (AvgIpc) is 2.58. The Morgan fingerprint density at radius 3 is 2.87 bits per heavy atom. The number of carbonyl (C=O) groups excluding carboxylic acids is 1. The number of carbonyl (C=O) groups is 1. The predicted molar refractivity (Wildman–Crippen MR) is 89.0 cm³/mol. The Hall–Kier alpha value is -2.83. The van der Waals surface area contributed by atoms with Crippen molar-refractivity contribution in [2.45, 2.75) is 6.54 Å². The Bertz CT molecular complexity index is 734. The Balaban J connectivity index is 1.80. The first-order chi connectivity index (χ1) is 11.1. The summed E-state index contributed by atoms with van der Waals surface area (Å²) in [5.41, 5.74) is 1.74. The number of aromatic nitrogens is 2. The first-order valence-electron chi connectivity index (χ1n) is 7.30. The minimum atomic E-state index is 0.0262. The van der Waals surface area contributed by atoms with Gasteiger partial charge in [-0.1, -0.05) is 18.2 Å². The lowest BCUT2D eigenvalue weighted by atomic mass is 10.2. The number of nitrogens with zero attached hydrogens (tertiary/aromatic N) is 4. The molecule has 1 aliphatic rings. The minimum Gasteiger partial charge on any atom is -0.496 e. The fourth-order valence-electron chi connectivity index (χ4n) is 2.51. The van der Waals surface area contributed by atoms with E-state index in [2.05, 4.69) is 15.3 Å². The number of likely N-dealkylation sites (N-methyl/N-ethyl adjacent to an activating group) is 2. The van der Waals surface area contributed by atoms with Gasteiger partial charge in [0.25, 0.3) is 0 Å². The molecule has 7 nitrogen and oxygen atoms in total. The number of nitrogens with one attached hydrogen (secondary N) is 1. The number of benzene rings is 1. The Morgan fingerprint density at radius 1 is 1.30 bits per heavy atom. The molecule has 0 unspecified atom stereocenters. The van der Waals surface area contributed by atoms with Gasteiger partial charge in [-0.3, -0.25) is 4.79 Å². The molecule has 120 valence electrons. The van der Waals surface area contributed by atoms with E-state index in [-0.39, 0.29) is 5.91 Å². The standard InChI is InChI=1S/C16H19N5O2/c1-20-10-14(22)21(2)12-9-18-16(19-15(12)20)17-8-11-6-4-5-7-13(11)23-3/h4-7,9H,8,10H2,1-3H3,(H,17,18,19). The predicted octanol–water partition coefficient (Wildman–Crippen LogP) is 1.51. The monoisotopic (exact) mass is 313 g/mol. The summed E-state index contributed by atoms with van der Waals surface area (Å²) in [5, 5.41) is 3.20. The van der Waals surface area contributed by atoms with Crippen molar-refractivity contribution in [1.82, 2.24) is 9.97 Å². The molecular weight excluding hydrogens is 294 g/mol. The van der Waals surface area contributed by atoms with Crippen LogP contribution < -0.4 is 19.9 Å². The van der Waals surface area contributed by atoms with Gasteiger partial charge < -0.3 is 19.9 Å². The number of rotatable bonds is 4. The van der Waals surface area contributed by atoms with Crippen molar-refractivity contribution < 1.29 is 9.53 Å². The van der Waals surface area contributed by atoms with Crippen LogP contribution in [0.4, 0.5) is 17.5 Å². The number of para-hydroxylation sites is 1. The van der Waals surface area contributed by atoms with E-state index in [1.54, 1.807) is 25.3 Å². The maximum Gasteiger partial charge on any atom is 0.246 e. The van der Waals surface area contributed by atoms with E-state index in [1.165, 1.54) is 0 Å². The lowest BCUT2D eigenvalue weighted by Crippen LogP contribution is -2.42. The van der Waals surface area contributed by atoms with Gasteiger partial charge in [0.05, 0.1) is 19.9 Å². The summed E-state index contributed by atoms with van der Waals surface area (Å²) in [7, 11) is 5.23. The van der Waals surface area contributed by atoms with Gasteiger partial charge in [-0.05, 0) is 6.07 Å². The van der Waals surface area contributed by atoms with Crippen molar-refractivity contribution in [1.29, 1.82) is 0 Å². The van der Waals surface area contributed by atoms with Crippen LogP contribution in [0, 0.1) is 0 Å². The van der Waals surface area contributed by atoms with Crippen molar-refractivity contribution in [3.8, 4) is 5.75 Å². The Morgan fingerprint density at radius 2 is 2.09 bits per heavy atom. The van der Waals surface area contributed by atoms with Crippen LogP contribution in [0.2, 0.25) is 0 Å². The zero-order valence-corrected chi connectivity index (χ0v) is 13.4. The molecule has 1 aromatic carbocycles. The van der Waals surface area contributed by atoms with Gasteiger partial charge in [0, 0.05) is 26.2 Å². The number of methoxy groups -OCH3 is 1. The summed E-state index contributed by atoms with van der Waals surface area (Å²) in [4.78, 5) is 24.1. The third-order valence-corrected chi connectivity index (χ3v) is 3.85. The molecule has 23 heavy (non-hydrogen) atoms. The summed E-state index contributed by atoms with van der Waals surface area (Å²) in [6.07, 6.45) is 1.67. The average molecular weight is 313 g/mol. The van der Waals surface area contributed by atoms with Gasteiger partial charge in [-0.15, -0.1) is 0 Å². The molecule has 2 heterocycles. The van der Waals surface area contributed by atoms with Crippen molar-refractivity contribution in [3.63, 3.8) is 0 Å². The van der Waals surface area contributed by atoms with Crippen LogP contribution in [0.5, 0.6) is 5.75 Å². The summed E-state index contributed by atoms with van der Waals surface area (Å²) >= 11 is 0. The Kier molecular flexibility index (Phi) is 4.01. The van der Waals surface area contributed by atoms with Crippen LogP contribution in [0.3, 0.4) is 0 Å². The highest BCUT2D eigenvalue weighted by Crippen LogP contribution is 2.30. The van der Waals surface area contributed by atoms with Gasteiger partial charge in [0.2, 0.25) is 11.9 Å². The highest BCUT2D eigenvalue weighted by atomic mass is 16.5. The molecule has 2 aromatic rings. The third kappa shape index (κ3) is 2.90. The zero-order chi connectivity index (χ0) is 16.4. The maximum absolute atomic E-state index is 11.8. The lowest BCUT2D eigenvalue weighted by molar-refractivity contribution is -0.117. The van der Waals surface area contributed by atoms with Gasteiger partial charge in [-0.25, -0.2) is 4.98 Å². The molecular formula is C16H19N5O2. The van der Waals surface area contributed by atoms with E-state index in [4.69, 9.17) is 4.74 Å². The summed E-state index contributed by atoms with van der Waals surface area (Å²) < 4.78 is 5.33. The molecule has 7 heteroatoms. The number of anilines is 3. The fourth-order valence-corrected chi connectivity index (χ4v) is 2.51. The molecule has 0 saturated heterocycles. The highest BCUT2D eigenvalue weighted by Gasteiger charge is 2.26.